The lowest BCUT2D eigenvalue weighted by Crippen LogP contribution is -2.35. The lowest BCUT2D eigenvalue weighted by atomic mass is 9.97. The smallest absolute Gasteiger partial charge is 0.0509 e. The average Bonchev–Trinajstić information content (AvgIpc) is 2.72. The van der Waals surface area contributed by atoms with E-state index in [-0.39, 0.29) is 0 Å². The van der Waals surface area contributed by atoms with Gasteiger partial charge in [0.05, 0.1) is 6.61 Å². The van der Waals surface area contributed by atoms with Crippen molar-refractivity contribution in [2.24, 2.45) is 11.7 Å². The van der Waals surface area contributed by atoms with Gasteiger partial charge in [0.25, 0.3) is 0 Å². The van der Waals surface area contributed by atoms with Gasteiger partial charge in [-0.05, 0) is 38.4 Å². The SMILES string of the molecule is CCN(CC)CCC(N)C1CCOC1. The molecular formula is C11H24N2O. The molecule has 1 heterocycles. The fraction of sp³-hybridized carbons (Fsp3) is 1.00. The van der Waals surface area contributed by atoms with Gasteiger partial charge in [-0.2, -0.15) is 0 Å². The number of hydrogen-bond donors (Lipinski definition) is 1. The van der Waals surface area contributed by atoms with Crippen LogP contribution in [-0.2, 0) is 4.74 Å². The van der Waals surface area contributed by atoms with E-state index in [1.807, 2.05) is 0 Å². The molecule has 0 bridgehead atoms. The molecule has 0 aliphatic carbocycles. The van der Waals surface area contributed by atoms with Gasteiger partial charge in [-0.1, -0.05) is 13.8 Å². The Kier molecular flexibility index (Phi) is 5.45. The van der Waals surface area contributed by atoms with Crippen LogP contribution in [0.25, 0.3) is 0 Å². The van der Waals surface area contributed by atoms with Crippen molar-refractivity contribution in [3.05, 3.63) is 0 Å². The minimum absolute atomic E-state index is 0.332. The summed E-state index contributed by atoms with van der Waals surface area (Å²) in [7, 11) is 0. The molecule has 1 saturated heterocycles. The van der Waals surface area contributed by atoms with Crippen LogP contribution in [-0.4, -0.2) is 43.8 Å². The Labute approximate surface area is 87.6 Å². The van der Waals surface area contributed by atoms with E-state index < -0.39 is 0 Å². The quantitative estimate of drug-likeness (QED) is 0.697. The van der Waals surface area contributed by atoms with Gasteiger partial charge in [0.1, 0.15) is 0 Å². The first-order valence-electron chi connectivity index (χ1n) is 5.83. The van der Waals surface area contributed by atoms with Crippen LogP contribution in [0.15, 0.2) is 0 Å². The normalized spacial score (nSPS) is 24.4. The van der Waals surface area contributed by atoms with Gasteiger partial charge < -0.3 is 15.4 Å². The van der Waals surface area contributed by atoms with Crippen molar-refractivity contribution >= 4 is 0 Å². The number of hydrogen-bond acceptors (Lipinski definition) is 3. The first kappa shape index (κ1) is 12.0. The highest BCUT2D eigenvalue weighted by Gasteiger charge is 2.22. The predicted octanol–water partition coefficient (Wildman–Crippen LogP) is 1.08. The predicted molar refractivity (Wildman–Crippen MR) is 59.3 cm³/mol. The Morgan fingerprint density at radius 2 is 2.14 bits per heavy atom. The molecule has 2 unspecified atom stereocenters. The van der Waals surface area contributed by atoms with Crippen LogP contribution < -0.4 is 5.73 Å². The van der Waals surface area contributed by atoms with Crippen LogP contribution in [0, 0.1) is 5.92 Å². The minimum atomic E-state index is 0.332. The van der Waals surface area contributed by atoms with Crippen molar-refractivity contribution in [2.75, 3.05) is 32.8 Å². The van der Waals surface area contributed by atoms with Crippen molar-refractivity contribution in [1.82, 2.24) is 4.90 Å². The van der Waals surface area contributed by atoms with Crippen LogP contribution >= 0.6 is 0 Å². The van der Waals surface area contributed by atoms with Crippen molar-refractivity contribution < 1.29 is 4.74 Å². The second kappa shape index (κ2) is 6.38. The molecule has 1 fully saturated rings. The Bertz CT molecular complexity index is 142. The lowest BCUT2D eigenvalue weighted by molar-refractivity contribution is 0.177. The van der Waals surface area contributed by atoms with Crippen molar-refractivity contribution in [3.8, 4) is 0 Å². The van der Waals surface area contributed by atoms with E-state index in [9.17, 15) is 0 Å². The summed E-state index contributed by atoms with van der Waals surface area (Å²) in [6.45, 7) is 9.57. The number of ether oxygens (including phenoxy) is 1. The topological polar surface area (TPSA) is 38.5 Å². The first-order chi connectivity index (χ1) is 6.77. The molecule has 84 valence electrons. The Morgan fingerprint density at radius 1 is 1.43 bits per heavy atom. The Balaban J connectivity index is 2.15. The minimum Gasteiger partial charge on any atom is -0.381 e. The third-order valence-corrected chi connectivity index (χ3v) is 3.24. The number of nitrogens with two attached hydrogens (primary N) is 1. The van der Waals surface area contributed by atoms with Gasteiger partial charge in [0.15, 0.2) is 0 Å². The third kappa shape index (κ3) is 3.56. The molecule has 1 rings (SSSR count). The van der Waals surface area contributed by atoms with Gasteiger partial charge in [0.2, 0.25) is 0 Å². The lowest BCUT2D eigenvalue weighted by Gasteiger charge is -2.23. The first-order valence-corrected chi connectivity index (χ1v) is 5.83. The summed E-state index contributed by atoms with van der Waals surface area (Å²) in [4.78, 5) is 2.43. The fourth-order valence-electron chi connectivity index (χ4n) is 2.00. The van der Waals surface area contributed by atoms with E-state index in [1.165, 1.54) is 0 Å². The molecule has 0 radical (unpaired) electrons. The largest absolute Gasteiger partial charge is 0.381 e. The second-order valence-electron chi connectivity index (χ2n) is 4.10. The van der Waals surface area contributed by atoms with Crippen molar-refractivity contribution in [1.29, 1.82) is 0 Å². The van der Waals surface area contributed by atoms with Crippen LogP contribution in [0.3, 0.4) is 0 Å². The molecular weight excluding hydrogens is 176 g/mol. The van der Waals surface area contributed by atoms with Crippen LogP contribution in [0.1, 0.15) is 26.7 Å². The average molecular weight is 200 g/mol. The van der Waals surface area contributed by atoms with Gasteiger partial charge in [-0.15, -0.1) is 0 Å². The Morgan fingerprint density at radius 3 is 2.64 bits per heavy atom. The van der Waals surface area contributed by atoms with Gasteiger partial charge in [0, 0.05) is 12.6 Å². The molecule has 0 spiro atoms. The monoisotopic (exact) mass is 200 g/mol. The standard InChI is InChI=1S/C11H24N2O/c1-3-13(4-2)7-5-11(12)10-6-8-14-9-10/h10-11H,3-9,12H2,1-2H3. The van der Waals surface area contributed by atoms with Gasteiger partial charge in [-0.25, -0.2) is 0 Å². The van der Waals surface area contributed by atoms with Gasteiger partial charge >= 0.3 is 0 Å². The molecule has 3 nitrogen and oxygen atoms in total. The van der Waals surface area contributed by atoms with E-state index in [4.69, 9.17) is 10.5 Å². The van der Waals surface area contributed by atoms with Crippen molar-refractivity contribution in [2.45, 2.75) is 32.7 Å². The highest BCUT2D eigenvalue weighted by atomic mass is 16.5. The molecule has 14 heavy (non-hydrogen) atoms. The van der Waals surface area contributed by atoms with E-state index >= 15 is 0 Å². The Hall–Kier alpha value is -0.120. The van der Waals surface area contributed by atoms with Crippen LogP contribution in [0.5, 0.6) is 0 Å². The summed E-state index contributed by atoms with van der Waals surface area (Å²) in [5.74, 6) is 0.602. The highest BCUT2D eigenvalue weighted by Crippen LogP contribution is 2.17. The third-order valence-electron chi connectivity index (χ3n) is 3.24. The van der Waals surface area contributed by atoms with E-state index in [2.05, 4.69) is 18.7 Å². The summed E-state index contributed by atoms with van der Waals surface area (Å²) in [5, 5.41) is 0. The summed E-state index contributed by atoms with van der Waals surface area (Å²) in [6, 6.07) is 0.332. The highest BCUT2D eigenvalue weighted by molar-refractivity contribution is 4.77. The summed E-state index contributed by atoms with van der Waals surface area (Å²) in [6.07, 6.45) is 2.26. The van der Waals surface area contributed by atoms with E-state index in [0.717, 1.165) is 45.7 Å². The zero-order valence-corrected chi connectivity index (χ0v) is 9.54. The summed E-state index contributed by atoms with van der Waals surface area (Å²) in [5.41, 5.74) is 6.13. The molecule has 0 saturated carbocycles. The van der Waals surface area contributed by atoms with Crippen LogP contribution in [0.2, 0.25) is 0 Å². The molecule has 2 N–H and O–H groups in total. The van der Waals surface area contributed by atoms with E-state index in [1.54, 1.807) is 0 Å². The van der Waals surface area contributed by atoms with E-state index in [0.29, 0.717) is 12.0 Å². The summed E-state index contributed by atoms with van der Waals surface area (Å²) >= 11 is 0. The molecule has 0 aromatic heterocycles. The van der Waals surface area contributed by atoms with Crippen molar-refractivity contribution in [3.63, 3.8) is 0 Å². The molecule has 3 heteroatoms. The molecule has 1 aliphatic heterocycles. The number of rotatable bonds is 6. The van der Waals surface area contributed by atoms with Gasteiger partial charge in [-0.3, -0.25) is 0 Å². The maximum atomic E-state index is 6.13. The molecule has 1 aliphatic rings. The number of nitrogens with zero attached hydrogens (tertiary/aromatic N) is 1. The zero-order valence-electron chi connectivity index (χ0n) is 9.54. The second-order valence-corrected chi connectivity index (χ2v) is 4.10. The maximum absolute atomic E-state index is 6.13. The zero-order chi connectivity index (χ0) is 10.4. The maximum Gasteiger partial charge on any atom is 0.0509 e. The molecule has 0 amide bonds. The van der Waals surface area contributed by atoms with Crippen LogP contribution in [0.4, 0.5) is 0 Å². The molecule has 0 aromatic carbocycles. The molecule has 0 aromatic rings. The fourth-order valence-corrected chi connectivity index (χ4v) is 2.00. The molecule has 2 atom stereocenters. The summed E-state index contributed by atoms with van der Waals surface area (Å²) < 4.78 is 5.34.